The Morgan fingerprint density at radius 3 is 2.67 bits per heavy atom. The molecule has 0 unspecified atom stereocenters. The van der Waals surface area contributed by atoms with Crippen LogP contribution in [0.25, 0.3) is 0 Å². The van der Waals surface area contributed by atoms with E-state index in [1.54, 1.807) is 0 Å². The fraction of sp³-hybridized carbons (Fsp3) is 0.400. The molecule has 0 aliphatic heterocycles. The molecule has 0 radical (unpaired) electrons. The van der Waals surface area contributed by atoms with E-state index in [4.69, 9.17) is 5.11 Å². The summed E-state index contributed by atoms with van der Waals surface area (Å²) in [6.07, 6.45) is 1.21. The number of halogens is 3. The lowest BCUT2D eigenvalue weighted by Gasteiger charge is -2.06. The summed E-state index contributed by atoms with van der Waals surface area (Å²) < 4.78 is 35.4. The quantitative estimate of drug-likeness (QED) is 0.782. The van der Waals surface area contributed by atoms with Crippen LogP contribution < -0.4 is 5.32 Å². The molecule has 0 aromatic carbocycles. The number of carboxylic acids is 1. The number of carboxylic acid groups (broad SMARTS) is 1. The van der Waals surface area contributed by atoms with Gasteiger partial charge in [0.2, 0.25) is 0 Å². The Hall–Kier alpha value is -1.28. The number of rotatable bonds is 6. The van der Waals surface area contributed by atoms with Gasteiger partial charge in [0.1, 0.15) is 0 Å². The first kappa shape index (κ1) is 14.8. The van der Waals surface area contributed by atoms with Gasteiger partial charge < -0.3 is 10.4 Å². The fourth-order valence-corrected chi connectivity index (χ4v) is 1.59. The van der Waals surface area contributed by atoms with Gasteiger partial charge in [-0.25, -0.2) is 4.79 Å². The van der Waals surface area contributed by atoms with Crippen molar-refractivity contribution in [1.29, 1.82) is 0 Å². The zero-order chi connectivity index (χ0) is 13.6. The average Bonchev–Trinajstić information content (AvgIpc) is 2.27. The Kier molecular flexibility index (Phi) is 5.42. The van der Waals surface area contributed by atoms with Crippen LogP contribution in [0.3, 0.4) is 0 Å². The Balaban J connectivity index is 2.25. The van der Waals surface area contributed by atoms with Crippen LogP contribution in [0.1, 0.15) is 16.1 Å². The third-order valence-corrected chi connectivity index (χ3v) is 2.66. The van der Waals surface area contributed by atoms with Crippen molar-refractivity contribution in [2.75, 3.05) is 12.3 Å². The highest BCUT2D eigenvalue weighted by molar-refractivity contribution is 8.00. The summed E-state index contributed by atoms with van der Waals surface area (Å²) in [5.41, 5.74) is -3.55. The van der Waals surface area contributed by atoms with Gasteiger partial charge >= 0.3 is 11.5 Å². The van der Waals surface area contributed by atoms with Crippen LogP contribution in [0.4, 0.5) is 13.2 Å². The third kappa shape index (κ3) is 5.87. The number of carbonyl (C=O) groups is 1. The molecule has 0 fully saturated rings. The maximum atomic E-state index is 11.8. The molecule has 1 aromatic rings. The molecule has 2 N–H and O–H groups in total. The molecule has 18 heavy (non-hydrogen) atoms. The predicted molar refractivity (Wildman–Crippen MR) is 61.4 cm³/mol. The minimum Gasteiger partial charge on any atom is -0.478 e. The molecular formula is C10H11F3N2O2S. The molecule has 100 valence electrons. The maximum Gasteiger partial charge on any atom is 0.441 e. The molecule has 0 saturated carbocycles. The summed E-state index contributed by atoms with van der Waals surface area (Å²) in [5, 5.41) is 11.4. The van der Waals surface area contributed by atoms with Crippen LogP contribution in [-0.4, -0.2) is 33.9 Å². The largest absolute Gasteiger partial charge is 0.478 e. The second kappa shape index (κ2) is 6.60. The van der Waals surface area contributed by atoms with Gasteiger partial charge in [0, 0.05) is 25.0 Å². The summed E-state index contributed by atoms with van der Waals surface area (Å²) in [6, 6.07) is 2.92. The van der Waals surface area contributed by atoms with E-state index in [-0.39, 0.29) is 29.6 Å². The molecule has 0 aliphatic rings. The molecule has 1 aromatic heterocycles. The summed E-state index contributed by atoms with van der Waals surface area (Å²) in [4.78, 5) is 14.4. The molecule has 0 atom stereocenters. The Morgan fingerprint density at radius 2 is 2.17 bits per heavy atom. The molecule has 0 bridgehead atoms. The van der Waals surface area contributed by atoms with E-state index < -0.39 is 11.5 Å². The Bertz CT molecular complexity index is 395. The monoisotopic (exact) mass is 280 g/mol. The van der Waals surface area contributed by atoms with E-state index >= 15 is 0 Å². The molecule has 0 saturated heterocycles. The third-order valence-electron chi connectivity index (χ3n) is 1.92. The lowest BCUT2D eigenvalue weighted by atomic mass is 10.2. The van der Waals surface area contributed by atoms with E-state index in [0.29, 0.717) is 12.2 Å². The van der Waals surface area contributed by atoms with Crippen LogP contribution in [0.5, 0.6) is 0 Å². The normalized spacial score (nSPS) is 11.5. The molecule has 8 heteroatoms. The highest BCUT2D eigenvalue weighted by Gasteiger charge is 2.27. The van der Waals surface area contributed by atoms with Crippen LogP contribution in [0.15, 0.2) is 18.3 Å². The van der Waals surface area contributed by atoms with Crippen LogP contribution in [0.2, 0.25) is 0 Å². The lowest BCUT2D eigenvalue weighted by molar-refractivity contribution is -0.0327. The average molecular weight is 280 g/mol. The standard InChI is InChI=1S/C10H11F3N2O2S/c11-10(12,13)18-4-3-14-6-8-2-1-7(5-15-8)9(16)17/h1-2,5,14H,3-4,6H2,(H,16,17). The topological polar surface area (TPSA) is 62.2 Å². The summed E-state index contributed by atoms with van der Waals surface area (Å²) in [6.45, 7) is 0.505. The number of thioether (sulfide) groups is 1. The van der Waals surface area contributed by atoms with Crippen molar-refractivity contribution in [3.63, 3.8) is 0 Å². The van der Waals surface area contributed by atoms with E-state index in [2.05, 4.69) is 10.3 Å². The van der Waals surface area contributed by atoms with Crippen molar-refractivity contribution >= 4 is 17.7 Å². The highest BCUT2D eigenvalue weighted by atomic mass is 32.2. The van der Waals surface area contributed by atoms with E-state index in [1.165, 1.54) is 18.3 Å². The SMILES string of the molecule is O=C(O)c1ccc(CNCCSC(F)(F)F)nc1. The van der Waals surface area contributed by atoms with Crippen LogP contribution >= 0.6 is 11.8 Å². The second-order valence-corrected chi connectivity index (χ2v) is 4.47. The zero-order valence-corrected chi connectivity index (χ0v) is 10.0. The maximum absolute atomic E-state index is 11.8. The first-order valence-electron chi connectivity index (χ1n) is 4.98. The van der Waals surface area contributed by atoms with E-state index in [9.17, 15) is 18.0 Å². The van der Waals surface area contributed by atoms with Crippen LogP contribution in [-0.2, 0) is 6.54 Å². The minimum atomic E-state index is -4.21. The van der Waals surface area contributed by atoms with Gasteiger partial charge in [-0.1, -0.05) is 0 Å². The van der Waals surface area contributed by atoms with E-state index in [0.717, 1.165) is 0 Å². The number of aromatic nitrogens is 1. The smallest absolute Gasteiger partial charge is 0.441 e. The first-order valence-corrected chi connectivity index (χ1v) is 5.96. The molecule has 0 amide bonds. The number of aromatic carboxylic acids is 1. The van der Waals surface area contributed by atoms with Gasteiger partial charge in [0.15, 0.2) is 0 Å². The minimum absolute atomic E-state index is 0.0727. The summed E-state index contributed by atoms with van der Waals surface area (Å²) in [5.74, 6) is -1.14. The van der Waals surface area contributed by atoms with Gasteiger partial charge in [-0.3, -0.25) is 4.98 Å². The lowest BCUT2D eigenvalue weighted by Crippen LogP contribution is -2.19. The van der Waals surface area contributed by atoms with Crippen molar-refractivity contribution in [3.05, 3.63) is 29.6 Å². The van der Waals surface area contributed by atoms with Crippen molar-refractivity contribution in [2.45, 2.75) is 12.1 Å². The summed E-state index contributed by atoms with van der Waals surface area (Å²) >= 11 is -0.0856. The van der Waals surface area contributed by atoms with Crippen molar-refractivity contribution < 1.29 is 23.1 Å². The number of nitrogens with zero attached hydrogens (tertiary/aromatic N) is 1. The highest BCUT2D eigenvalue weighted by Crippen LogP contribution is 2.29. The zero-order valence-electron chi connectivity index (χ0n) is 9.20. The first-order chi connectivity index (χ1) is 8.38. The van der Waals surface area contributed by atoms with E-state index in [1.807, 2.05) is 0 Å². The predicted octanol–water partition coefficient (Wildman–Crippen LogP) is 2.12. The molecule has 0 aliphatic carbocycles. The van der Waals surface area contributed by atoms with Gasteiger partial charge in [-0.05, 0) is 23.9 Å². The van der Waals surface area contributed by atoms with Crippen molar-refractivity contribution in [3.8, 4) is 0 Å². The molecular weight excluding hydrogens is 269 g/mol. The van der Waals surface area contributed by atoms with Crippen molar-refractivity contribution in [1.82, 2.24) is 10.3 Å². The van der Waals surface area contributed by atoms with Gasteiger partial charge in [-0.15, -0.1) is 0 Å². The number of nitrogens with one attached hydrogen (secondary N) is 1. The molecule has 0 spiro atoms. The van der Waals surface area contributed by atoms with Gasteiger partial charge in [0.05, 0.1) is 11.3 Å². The number of alkyl halides is 3. The number of hydrogen-bond acceptors (Lipinski definition) is 4. The Morgan fingerprint density at radius 1 is 1.44 bits per heavy atom. The summed E-state index contributed by atoms with van der Waals surface area (Å²) in [7, 11) is 0. The molecule has 4 nitrogen and oxygen atoms in total. The fourth-order valence-electron chi connectivity index (χ4n) is 1.11. The molecule has 1 rings (SSSR count). The number of pyridine rings is 1. The van der Waals surface area contributed by atoms with Gasteiger partial charge in [-0.2, -0.15) is 13.2 Å². The Labute approximate surface area is 106 Å². The van der Waals surface area contributed by atoms with Gasteiger partial charge in [0.25, 0.3) is 0 Å². The van der Waals surface area contributed by atoms with Crippen molar-refractivity contribution in [2.24, 2.45) is 0 Å². The number of hydrogen-bond donors (Lipinski definition) is 2. The molecule has 1 heterocycles. The second-order valence-electron chi connectivity index (χ2n) is 3.31. The van der Waals surface area contributed by atoms with Crippen LogP contribution in [0, 0.1) is 0 Å².